The van der Waals surface area contributed by atoms with Gasteiger partial charge in [0.15, 0.2) is 11.2 Å². The summed E-state index contributed by atoms with van der Waals surface area (Å²) in [6.07, 6.45) is -1.64. The summed E-state index contributed by atoms with van der Waals surface area (Å²) in [7, 11) is 0. The van der Waals surface area contributed by atoms with Crippen molar-refractivity contribution in [3.8, 4) is 0 Å². The minimum Gasteiger partial charge on any atom is -0.444 e. The number of benzene rings is 2. The molecule has 28 heavy (non-hydrogen) atoms. The first-order valence-corrected chi connectivity index (χ1v) is 9.38. The molecule has 0 bridgehead atoms. The molecular formula is C20H19N3O4S. The van der Waals surface area contributed by atoms with E-state index in [1.54, 1.807) is 5.38 Å². The number of nitrogens with one attached hydrogen (secondary N) is 1. The van der Waals surface area contributed by atoms with Crippen LogP contribution in [-0.4, -0.2) is 17.0 Å². The molecule has 2 aromatic carbocycles. The molecule has 1 aromatic heterocycles. The highest BCUT2D eigenvalue weighted by Crippen LogP contribution is 2.24. The standard InChI is InChI=1S/C20H19N3O4S/c21-18(24)17(26-11-14-7-3-1-4-8-14)16-13-28-19(22-16)23-20(25)27-12-15-9-5-2-6-10-15/h1-10,13,17H,11-12H2,(H2,21,24)(H,22,23,25). The van der Waals surface area contributed by atoms with Gasteiger partial charge in [-0.2, -0.15) is 0 Å². The molecule has 0 saturated heterocycles. The van der Waals surface area contributed by atoms with E-state index < -0.39 is 18.1 Å². The number of hydrogen-bond acceptors (Lipinski definition) is 6. The fourth-order valence-electron chi connectivity index (χ4n) is 2.38. The highest BCUT2D eigenvalue weighted by Gasteiger charge is 2.22. The molecule has 8 heteroatoms. The van der Waals surface area contributed by atoms with Crippen LogP contribution in [-0.2, 0) is 27.5 Å². The highest BCUT2D eigenvalue weighted by molar-refractivity contribution is 7.13. The van der Waals surface area contributed by atoms with E-state index in [0.717, 1.165) is 22.5 Å². The molecule has 3 aromatic rings. The molecule has 0 spiro atoms. The van der Waals surface area contributed by atoms with Crippen molar-refractivity contribution in [2.24, 2.45) is 5.73 Å². The first kappa shape index (κ1) is 19.5. The Labute approximate surface area is 166 Å². The number of thiazole rings is 1. The molecule has 0 aliphatic rings. The molecule has 3 N–H and O–H groups in total. The normalized spacial score (nSPS) is 11.6. The Bertz CT molecular complexity index is 915. The summed E-state index contributed by atoms with van der Waals surface area (Å²) in [5.41, 5.74) is 7.57. The average molecular weight is 397 g/mol. The van der Waals surface area contributed by atoms with Gasteiger partial charge >= 0.3 is 6.09 Å². The number of primary amides is 1. The Morgan fingerprint density at radius 2 is 1.61 bits per heavy atom. The lowest BCUT2D eigenvalue weighted by atomic mass is 10.2. The maximum Gasteiger partial charge on any atom is 0.413 e. The zero-order valence-corrected chi connectivity index (χ0v) is 15.7. The van der Waals surface area contributed by atoms with Gasteiger partial charge in [0.25, 0.3) is 5.91 Å². The number of hydrogen-bond donors (Lipinski definition) is 2. The third-order valence-electron chi connectivity index (χ3n) is 3.73. The smallest absolute Gasteiger partial charge is 0.413 e. The Morgan fingerprint density at radius 3 is 2.21 bits per heavy atom. The van der Waals surface area contributed by atoms with Gasteiger partial charge in [0.1, 0.15) is 6.61 Å². The lowest BCUT2D eigenvalue weighted by Crippen LogP contribution is -2.24. The number of aromatic nitrogens is 1. The molecule has 1 unspecified atom stereocenters. The number of nitrogens with two attached hydrogens (primary N) is 1. The van der Waals surface area contributed by atoms with E-state index >= 15 is 0 Å². The highest BCUT2D eigenvalue weighted by atomic mass is 32.1. The van der Waals surface area contributed by atoms with Gasteiger partial charge in [0, 0.05) is 5.38 Å². The Hall–Kier alpha value is -3.23. The van der Waals surface area contributed by atoms with Crippen LogP contribution in [0.1, 0.15) is 22.9 Å². The summed E-state index contributed by atoms with van der Waals surface area (Å²) in [5, 5.41) is 4.45. The van der Waals surface area contributed by atoms with E-state index in [4.69, 9.17) is 15.2 Å². The van der Waals surface area contributed by atoms with Crippen LogP contribution in [0, 0.1) is 0 Å². The molecule has 144 valence electrons. The van der Waals surface area contributed by atoms with E-state index in [0.29, 0.717) is 10.8 Å². The number of ether oxygens (including phenoxy) is 2. The zero-order valence-electron chi connectivity index (χ0n) is 14.9. The number of nitrogens with zero attached hydrogens (tertiary/aromatic N) is 1. The van der Waals surface area contributed by atoms with Crippen molar-refractivity contribution in [3.63, 3.8) is 0 Å². The van der Waals surface area contributed by atoms with Gasteiger partial charge in [-0.3, -0.25) is 10.1 Å². The molecule has 1 atom stereocenters. The second kappa shape index (κ2) is 9.63. The lowest BCUT2D eigenvalue weighted by Gasteiger charge is -2.12. The first-order valence-electron chi connectivity index (χ1n) is 8.50. The summed E-state index contributed by atoms with van der Waals surface area (Å²) < 4.78 is 10.8. The van der Waals surface area contributed by atoms with Crippen LogP contribution in [0.4, 0.5) is 9.93 Å². The number of anilines is 1. The average Bonchev–Trinajstić information content (AvgIpc) is 3.16. The van der Waals surface area contributed by atoms with E-state index in [1.807, 2.05) is 60.7 Å². The summed E-state index contributed by atoms with van der Waals surface area (Å²) in [6, 6.07) is 18.7. The van der Waals surface area contributed by atoms with Crippen molar-refractivity contribution in [3.05, 3.63) is 82.9 Å². The molecule has 0 aliphatic heterocycles. The topological polar surface area (TPSA) is 104 Å². The molecule has 0 saturated carbocycles. The number of carbonyl (C=O) groups excluding carboxylic acids is 2. The van der Waals surface area contributed by atoms with Gasteiger partial charge < -0.3 is 15.2 Å². The first-order chi connectivity index (χ1) is 13.6. The fourth-order valence-corrected chi connectivity index (χ4v) is 3.09. The summed E-state index contributed by atoms with van der Waals surface area (Å²) in [4.78, 5) is 27.9. The van der Waals surface area contributed by atoms with E-state index in [9.17, 15) is 9.59 Å². The molecule has 0 radical (unpaired) electrons. The molecule has 1 heterocycles. The summed E-state index contributed by atoms with van der Waals surface area (Å²) in [6.45, 7) is 0.364. The molecule has 7 nitrogen and oxygen atoms in total. The van der Waals surface area contributed by atoms with E-state index in [2.05, 4.69) is 10.3 Å². The van der Waals surface area contributed by atoms with Gasteiger partial charge in [0.05, 0.1) is 12.3 Å². The SMILES string of the molecule is NC(=O)C(OCc1ccccc1)c1csc(NC(=O)OCc2ccccc2)n1. The van der Waals surface area contributed by atoms with Crippen LogP contribution in [0.5, 0.6) is 0 Å². The molecule has 2 amide bonds. The van der Waals surface area contributed by atoms with Crippen molar-refractivity contribution in [1.29, 1.82) is 0 Å². The predicted molar refractivity (Wildman–Crippen MR) is 106 cm³/mol. The van der Waals surface area contributed by atoms with Gasteiger partial charge in [0.2, 0.25) is 0 Å². The van der Waals surface area contributed by atoms with Crippen LogP contribution >= 0.6 is 11.3 Å². The van der Waals surface area contributed by atoms with Gasteiger partial charge in [-0.15, -0.1) is 11.3 Å². The second-order valence-electron chi connectivity index (χ2n) is 5.84. The quantitative estimate of drug-likeness (QED) is 0.604. The van der Waals surface area contributed by atoms with E-state index in [-0.39, 0.29) is 13.2 Å². The number of amides is 2. The van der Waals surface area contributed by atoms with Crippen LogP contribution in [0.15, 0.2) is 66.0 Å². The van der Waals surface area contributed by atoms with Crippen molar-refractivity contribution in [2.45, 2.75) is 19.3 Å². The molecule has 0 fully saturated rings. The van der Waals surface area contributed by atoms with Gasteiger partial charge in [-0.1, -0.05) is 60.7 Å². The molecule has 0 aliphatic carbocycles. The monoisotopic (exact) mass is 397 g/mol. The summed E-state index contributed by atoms with van der Waals surface area (Å²) >= 11 is 1.16. The number of carbonyl (C=O) groups is 2. The van der Waals surface area contributed by atoms with Crippen LogP contribution in [0.2, 0.25) is 0 Å². The largest absolute Gasteiger partial charge is 0.444 e. The zero-order chi connectivity index (χ0) is 19.8. The Balaban J connectivity index is 1.56. The maximum atomic E-state index is 11.9. The summed E-state index contributed by atoms with van der Waals surface area (Å²) in [5.74, 6) is -0.653. The fraction of sp³-hybridized carbons (Fsp3) is 0.150. The van der Waals surface area contributed by atoms with Crippen molar-refractivity contribution in [2.75, 3.05) is 5.32 Å². The van der Waals surface area contributed by atoms with Gasteiger partial charge in [-0.05, 0) is 11.1 Å². The van der Waals surface area contributed by atoms with Crippen LogP contribution in [0.25, 0.3) is 0 Å². The molecule has 3 rings (SSSR count). The van der Waals surface area contributed by atoms with Crippen molar-refractivity contribution < 1.29 is 19.1 Å². The van der Waals surface area contributed by atoms with E-state index in [1.165, 1.54) is 0 Å². The van der Waals surface area contributed by atoms with Crippen LogP contribution < -0.4 is 11.1 Å². The number of rotatable bonds is 8. The molecular weight excluding hydrogens is 378 g/mol. The van der Waals surface area contributed by atoms with Crippen molar-refractivity contribution >= 4 is 28.5 Å². The third kappa shape index (κ3) is 5.63. The Kier molecular flexibility index (Phi) is 6.72. The predicted octanol–water partition coefficient (Wildman–Crippen LogP) is 3.64. The van der Waals surface area contributed by atoms with Gasteiger partial charge in [-0.25, -0.2) is 9.78 Å². The lowest BCUT2D eigenvalue weighted by molar-refractivity contribution is -0.131. The second-order valence-corrected chi connectivity index (χ2v) is 6.70. The minimum absolute atomic E-state index is 0.148. The van der Waals surface area contributed by atoms with Crippen LogP contribution in [0.3, 0.4) is 0 Å². The maximum absolute atomic E-state index is 11.9. The third-order valence-corrected chi connectivity index (χ3v) is 4.51. The minimum atomic E-state index is -1.01. The Morgan fingerprint density at radius 1 is 1.00 bits per heavy atom. The van der Waals surface area contributed by atoms with Crippen molar-refractivity contribution in [1.82, 2.24) is 4.98 Å².